The van der Waals surface area contributed by atoms with Gasteiger partial charge < -0.3 is 25.5 Å². The molecule has 2 aromatic heterocycles. The van der Waals surface area contributed by atoms with Gasteiger partial charge in [-0.2, -0.15) is 0 Å². The van der Waals surface area contributed by atoms with Crippen LogP contribution in [-0.2, 0) is 6.42 Å². The van der Waals surface area contributed by atoms with Crippen molar-refractivity contribution in [3.63, 3.8) is 0 Å². The summed E-state index contributed by atoms with van der Waals surface area (Å²) in [4.78, 5) is 7.64. The zero-order valence-corrected chi connectivity index (χ0v) is 12.4. The van der Waals surface area contributed by atoms with Crippen molar-refractivity contribution in [1.29, 1.82) is 0 Å². The molecule has 7 heteroatoms. The van der Waals surface area contributed by atoms with Crippen LogP contribution in [0.25, 0.3) is 11.0 Å². The third kappa shape index (κ3) is 2.12. The smallest absolute Gasteiger partial charge is 0.231 e. The van der Waals surface area contributed by atoms with Crippen LogP contribution in [0.4, 0.5) is 21.6 Å². The molecular formula is C16H15FN4O2. The van der Waals surface area contributed by atoms with Crippen LogP contribution in [0.2, 0.25) is 0 Å². The second-order valence-corrected chi connectivity index (χ2v) is 5.24. The maximum absolute atomic E-state index is 14.1. The van der Waals surface area contributed by atoms with Gasteiger partial charge in [0.2, 0.25) is 6.79 Å². The highest BCUT2D eigenvalue weighted by Gasteiger charge is 2.22. The SMILES string of the molecule is CCc1[nH]c2nc(Nc3c(F)ccc4c3OCO4)ccc2c1N. The summed E-state index contributed by atoms with van der Waals surface area (Å²) >= 11 is 0. The minimum atomic E-state index is -0.434. The number of hydrogen-bond donors (Lipinski definition) is 3. The highest BCUT2D eigenvalue weighted by atomic mass is 19.1. The van der Waals surface area contributed by atoms with Crippen molar-refractivity contribution in [3.05, 3.63) is 35.8 Å². The largest absolute Gasteiger partial charge is 0.454 e. The summed E-state index contributed by atoms with van der Waals surface area (Å²) in [5, 5.41) is 3.81. The van der Waals surface area contributed by atoms with Crippen LogP contribution < -0.4 is 20.5 Å². The van der Waals surface area contributed by atoms with Crippen molar-refractivity contribution < 1.29 is 13.9 Å². The number of pyridine rings is 1. The number of fused-ring (bicyclic) bond motifs is 2. The van der Waals surface area contributed by atoms with E-state index < -0.39 is 5.82 Å². The second kappa shape index (κ2) is 5.05. The van der Waals surface area contributed by atoms with Gasteiger partial charge in [-0.3, -0.25) is 0 Å². The van der Waals surface area contributed by atoms with Crippen LogP contribution in [-0.4, -0.2) is 16.8 Å². The fraction of sp³-hybridized carbons (Fsp3) is 0.188. The average molecular weight is 314 g/mol. The van der Waals surface area contributed by atoms with Gasteiger partial charge in [-0.15, -0.1) is 0 Å². The fourth-order valence-electron chi connectivity index (χ4n) is 2.69. The number of aryl methyl sites for hydroxylation is 1. The predicted octanol–water partition coefficient (Wildman–Crippen LogP) is 3.32. The zero-order valence-electron chi connectivity index (χ0n) is 12.4. The lowest BCUT2D eigenvalue weighted by Gasteiger charge is -2.09. The third-order valence-corrected chi connectivity index (χ3v) is 3.87. The molecule has 0 bridgehead atoms. The number of nitrogens with zero attached hydrogens (tertiary/aromatic N) is 1. The Hall–Kier alpha value is -2.96. The van der Waals surface area contributed by atoms with Gasteiger partial charge in [0.15, 0.2) is 17.3 Å². The number of anilines is 3. The first kappa shape index (κ1) is 13.7. The number of aromatic nitrogens is 2. The van der Waals surface area contributed by atoms with E-state index in [1.165, 1.54) is 6.07 Å². The lowest BCUT2D eigenvalue weighted by Crippen LogP contribution is -1.99. The predicted molar refractivity (Wildman–Crippen MR) is 85.7 cm³/mol. The van der Waals surface area contributed by atoms with E-state index >= 15 is 0 Å². The number of benzene rings is 1. The number of aromatic amines is 1. The van der Waals surface area contributed by atoms with Crippen LogP contribution in [0.3, 0.4) is 0 Å². The molecule has 3 heterocycles. The number of halogens is 1. The summed E-state index contributed by atoms with van der Waals surface area (Å²) in [6, 6.07) is 6.48. The van der Waals surface area contributed by atoms with Gasteiger partial charge in [0, 0.05) is 11.1 Å². The summed E-state index contributed by atoms with van der Waals surface area (Å²) in [6.07, 6.45) is 0.789. The van der Waals surface area contributed by atoms with E-state index in [-0.39, 0.29) is 12.5 Å². The molecule has 1 aromatic carbocycles. The number of ether oxygens (including phenoxy) is 2. The molecule has 0 saturated carbocycles. The Balaban J connectivity index is 1.75. The van der Waals surface area contributed by atoms with Crippen molar-refractivity contribution in [2.45, 2.75) is 13.3 Å². The standard InChI is InChI=1S/C16H15FN4O2/c1-2-10-13(18)8-3-6-12(21-16(8)19-10)20-14-9(17)4-5-11-15(14)23-7-22-11/h3-6H,2,7,18H2,1H3,(H2,19,20,21). The van der Waals surface area contributed by atoms with Gasteiger partial charge in [0.1, 0.15) is 17.2 Å². The molecule has 0 fully saturated rings. The van der Waals surface area contributed by atoms with Crippen LogP contribution in [0.1, 0.15) is 12.6 Å². The Kier molecular flexibility index (Phi) is 3.00. The van der Waals surface area contributed by atoms with Crippen molar-refractivity contribution in [3.8, 4) is 11.5 Å². The molecule has 0 saturated heterocycles. The van der Waals surface area contributed by atoms with Gasteiger partial charge >= 0.3 is 0 Å². The molecule has 0 atom stereocenters. The molecule has 23 heavy (non-hydrogen) atoms. The van der Waals surface area contributed by atoms with E-state index in [9.17, 15) is 4.39 Å². The lowest BCUT2D eigenvalue weighted by atomic mass is 10.2. The van der Waals surface area contributed by atoms with E-state index in [1.807, 2.05) is 13.0 Å². The molecular weight excluding hydrogens is 299 g/mol. The van der Waals surface area contributed by atoms with Crippen LogP contribution in [0.15, 0.2) is 24.3 Å². The van der Waals surface area contributed by atoms with Crippen molar-refractivity contribution in [2.75, 3.05) is 17.8 Å². The van der Waals surface area contributed by atoms with E-state index in [0.717, 1.165) is 17.5 Å². The van der Waals surface area contributed by atoms with E-state index in [4.69, 9.17) is 15.2 Å². The van der Waals surface area contributed by atoms with Crippen LogP contribution in [0, 0.1) is 5.82 Å². The summed E-state index contributed by atoms with van der Waals surface area (Å²) in [7, 11) is 0. The van der Waals surface area contributed by atoms with Crippen molar-refractivity contribution in [2.24, 2.45) is 0 Å². The number of nitrogen functional groups attached to an aromatic ring is 1. The maximum Gasteiger partial charge on any atom is 0.231 e. The summed E-state index contributed by atoms with van der Waals surface area (Å²) in [5.74, 6) is 0.917. The summed E-state index contributed by atoms with van der Waals surface area (Å²) in [5.41, 5.74) is 8.57. The van der Waals surface area contributed by atoms with Gasteiger partial charge in [0.05, 0.1) is 5.69 Å². The van der Waals surface area contributed by atoms with Crippen LogP contribution in [0.5, 0.6) is 11.5 Å². The summed E-state index contributed by atoms with van der Waals surface area (Å²) < 4.78 is 24.7. The minimum Gasteiger partial charge on any atom is -0.454 e. The molecule has 4 rings (SSSR count). The maximum atomic E-state index is 14.1. The van der Waals surface area contributed by atoms with Gasteiger partial charge in [-0.1, -0.05) is 6.92 Å². The number of nitrogens with two attached hydrogens (primary N) is 1. The second-order valence-electron chi connectivity index (χ2n) is 5.24. The monoisotopic (exact) mass is 314 g/mol. The summed E-state index contributed by atoms with van der Waals surface area (Å²) in [6.45, 7) is 2.09. The van der Waals surface area contributed by atoms with Crippen LogP contribution >= 0.6 is 0 Å². The van der Waals surface area contributed by atoms with Crippen molar-refractivity contribution >= 4 is 28.2 Å². The molecule has 0 unspecified atom stereocenters. The van der Waals surface area contributed by atoms with E-state index in [1.54, 1.807) is 12.1 Å². The Bertz CT molecular complexity index is 907. The van der Waals surface area contributed by atoms with Gasteiger partial charge in [-0.05, 0) is 30.7 Å². The van der Waals surface area contributed by atoms with E-state index in [2.05, 4.69) is 15.3 Å². The molecule has 6 nitrogen and oxygen atoms in total. The topological polar surface area (TPSA) is 85.2 Å². The Morgan fingerprint density at radius 3 is 3.00 bits per heavy atom. The average Bonchev–Trinajstić information content (AvgIpc) is 3.15. The van der Waals surface area contributed by atoms with Gasteiger partial charge in [-0.25, -0.2) is 9.37 Å². The quantitative estimate of drug-likeness (QED) is 0.690. The highest BCUT2D eigenvalue weighted by Crippen LogP contribution is 2.42. The Labute approximate surface area is 131 Å². The Morgan fingerprint density at radius 2 is 2.17 bits per heavy atom. The van der Waals surface area contributed by atoms with E-state index in [0.29, 0.717) is 28.7 Å². The molecule has 118 valence electrons. The molecule has 3 aromatic rings. The van der Waals surface area contributed by atoms with Crippen molar-refractivity contribution in [1.82, 2.24) is 9.97 Å². The number of rotatable bonds is 3. The molecule has 0 amide bonds. The molecule has 4 N–H and O–H groups in total. The first-order chi connectivity index (χ1) is 11.2. The normalized spacial score (nSPS) is 12.8. The molecule has 1 aliphatic heterocycles. The molecule has 0 radical (unpaired) electrons. The first-order valence-electron chi connectivity index (χ1n) is 7.29. The molecule has 0 spiro atoms. The Morgan fingerprint density at radius 1 is 1.30 bits per heavy atom. The minimum absolute atomic E-state index is 0.0763. The number of H-pyrrole nitrogens is 1. The first-order valence-corrected chi connectivity index (χ1v) is 7.29. The molecule has 1 aliphatic rings. The third-order valence-electron chi connectivity index (χ3n) is 3.87. The highest BCUT2D eigenvalue weighted by molar-refractivity contribution is 5.92. The van der Waals surface area contributed by atoms with Gasteiger partial charge in [0.25, 0.3) is 0 Å². The molecule has 0 aliphatic carbocycles. The number of hydrogen-bond acceptors (Lipinski definition) is 5. The lowest BCUT2D eigenvalue weighted by molar-refractivity contribution is 0.174. The zero-order chi connectivity index (χ0) is 16.0. The number of nitrogens with one attached hydrogen (secondary N) is 2. The fourth-order valence-corrected chi connectivity index (χ4v) is 2.69.